The molecule has 10 nitrogen and oxygen atoms in total. The van der Waals surface area contributed by atoms with E-state index in [0.717, 1.165) is 18.2 Å². The second-order valence-corrected chi connectivity index (χ2v) is 6.55. The number of methoxy groups -OCH3 is 1. The van der Waals surface area contributed by atoms with Crippen LogP contribution in [-0.2, 0) is 20.4 Å². The Morgan fingerprint density at radius 2 is 1.76 bits per heavy atom. The van der Waals surface area contributed by atoms with E-state index < -0.39 is 40.8 Å². The fourth-order valence-corrected chi connectivity index (χ4v) is 2.63. The molecule has 13 heteroatoms. The summed E-state index contributed by atoms with van der Waals surface area (Å²) in [6.07, 6.45) is -4.67. The Morgan fingerprint density at radius 1 is 1.06 bits per heavy atom. The average Bonchev–Trinajstić information content (AvgIpc) is 2.78. The minimum atomic E-state index is -4.67. The Balaban J connectivity index is 2.11. The highest BCUT2D eigenvalue weighted by molar-refractivity contribution is 5.96. The molecule has 0 saturated carbocycles. The molecule has 0 aromatic heterocycles. The molecule has 1 N–H and O–H groups in total. The van der Waals surface area contributed by atoms with E-state index in [1.165, 1.54) is 19.2 Å². The van der Waals surface area contributed by atoms with Gasteiger partial charge < -0.3 is 24.3 Å². The number of alkyl halides is 3. The predicted octanol–water partition coefficient (Wildman–Crippen LogP) is 3.83. The van der Waals surface area contributed by atoms with Gasteiger partial charge in [0.05, 0.1) is 35.0 Å². The first-order valence-electron chi connectivity index (χ1n) is 9.78. The van der Waals surface area contributed by atoms with E-state index in [1.807, 2.05) is 0 Å². The average molecular weight is 486 g/mol. The van der Waals surface area contributed by atoms with Crippen LogP contribution in [0, 0.1) is 10.1 Å². The summed E-state index contributed by atoms with van der Waals surface area (Å²) in [4.78, 5) is 34.9. The number of carbonyl (C=O) groups is 2. The summed E-state index contributed by atoms with van der Waals surface area (Å²) >= 11 is 0. The van der Waals surface area contributed by atoms with Crippen LogP contribution in [0.5, 0.6) is 11.5 Å². The van der Waals surface area contributed by atoms with Crippen molar-refractivity contribution in [1.82, 2.24) is 0 Å². The van der Waals surface area contributed by atoms with Crippen molar-refractivity contribution in [2.24, 2.45) is 0 Å². The summed E-state index contributed by atoms with van der Waals surface area (Å²) in [7, 11) is 1.41. The lowest BCUT2D eigenvalue weighted by Gasteiger charge is -2.15. The van der Waals surface area contributed by atoms with E-state index in [0.29, 0.717) is 6.07 Å². The molecule has 0 atom stereocenters. The number of carbonyl (C=O) groups excluding carboxylic acids is 2. The molecule has 0 aliphatic carbocycles. The van der Waals surface area contributed by atoms with Crippen molar-refractivity contribution in [3.8, 4) is 11.5 Å². The lowest BCUT2D eigenvalue weighted by molar-refractivity contribution is -0.385. The summed E-state index contributed by atoms with van der Waals surface area (Å²) < 4.78 is 59.2. The summed E-state index contributed by atoms with van der Waals surface area (Å²) in [5, 5.41) is 13.4. The van der Waals surface area contributed by atoms with Crippen LogP contribution in [-0.4, -0.2) is 50.3 Å². The smallest absolute Gasteiger partial charge is 0.416 e. The molecule has 0 aliphatic rings. The van der Waals surface area contributed by atoms with E-state index in [4.69, 9.17) is 18.9 Å². The van der Waals surface area contributed by atoms with Crippen LogP contribution in [0.2, 0.25) is 0 Å². The van der Waals surface area contributed by atoms with Gasteiger partial charge in [0.2, 0.25) is 0 Å². The Bertz CT molecular complexity index is 1040. The fraction of sp³-hybridized carbons (Fsp3) is 0.333. The summed E-state index contributed by atoms with van der Waals surface area (Å²) in [6, 6.07) is 5.87. The largest absolute Gasteiger partial charge is 0.489 e. The van der Waals surface area contributed by atoms with Crippen LogP contribution < -0.4 is 14.8 Å². The molecule has 0 radical (unpaired) electrons. The fourth-order valence-electron chi connectivity index (χ4n) is 2.63. The molecule has 184 valence electrons. The number of anilines is 1. The van der Waals surface area contributed by atoms with Gasteiger partial charge in [0.15, 0.2) is 12.4 Å². The number of hydrogen-bond acceptors (Lipinski definition) is 8. The van der Waals surface area contributed by atoms with Gasteiger partial charge in [-0.1, -0.05) is 0 Å². The number of ether oxygens (including phenoxy) is 4. The molecule has 0 unspecified atom stereocenters. The highest BCUT2D eigenvalue weighted by atomic mass is 19.4. The van der Waals surface area contributed by atoms with Gasteiger partial charge in [-0.15, -0.1) is 0 Å². The number of nitrogens with one attached hydrogen (secondary N) is 1. The third kappa shape index (κ3) is 7.33. The van der Waals surface area contributed by atoms with Crippen molar-refractivity contribution in [2.45, 2.75) is 13.1 Å². The zero-order valence-corrected chi connectivity index (χ0v) is 18.1. The number of esters is 1. The second kappa shape index (κ2) is 11.8. The first kappa shape index (κ1) is 26.4. The zero-order chi connectivity index (χ0) is 25.3. The molecule has 2 aromatic rings. The molecule has 0 fully saturated rings. The first-order valence-corrected chi connectivity index (χ1v) is 9.78. The minimum Gasteiger partial charge on any atom is -0.489 e. The van der Waals surface area contributed by atoms with E-state index in [-0.39, 0.29) is 42.6 Å². The number of halogens is 3. The zero-order valence-electron chi connectivity index (χ0n) is 18.1. The molecule has 0 heterocycles. The molecule has 2 aromatic carbocycles. The van der Waals surface area contributed by atoms with Crippen molar-refractivity contribution < 1.29 is 46.6 Å². The number of amides is 1. The van der Waals surface area contributed by atoms with Crippen LogP contribution in [0.4, 0.5) is 24.5 Å². The number of rotatable bonds is 11. The van der Waals surface area contributed by atoms with Crippen LogP contribution in [0.3, 0.4) is 0 Å². The van der Waals surface area contributed by atoms with Crippen LogP contribution >= 0.6 is 0 Å². The van der Waals surface area contributed by atoms with Crippen molar-refractivity contribution in [2.75, 3.05) is 38.9 Å². The molecule has 0 bridgehead atoms. The van der Waals surface area contributed by atoms with Crippen molar-refractivity contribution in [1.29, 1.82) is 0 Å². The summed E-state index contributed by atoms with van der Waals surface area (Å²) in [5.41, 5.74) is -2.00. The lowest BCUT2D eigenvalue weighted by atomic mass is 10.1. The van der Waals surface area contributed by atoms with Gasteiger partial charge in [-0.3, -0.25) is 14.9 Å². The predicted molar refractivity (Wildman–Crippen MR) is 112 cm³/mol. The normalized spacial score (nSPS) is 11.0. The summed E-state index contributed by atoms with van der Waals surface area (Å²) in [6.45, 7) is 1.09. The van der Waals surface area contributed by atoms with E-state index >= 15 is 0 Å². The van der Waals surface area contributed by atoms with Crippen molar-refractivity contribution in [3.63, 3.8) is 0 Å². The Labute approximate surface area is 191 Å². The maximum Gasteiger partial charge on any atom is 0.416 e. The topological polar surface area (TPSA) is 126 Å². The number of hydrogen-bond donors (Lipinski definition) is 1. The first-order chi connectivity index (χ1) is 16.1. The monoisotopic (exact) mass is 486 g/mol. The van der Waals surface area contributed by atoms with Crippen molar-refractivity contribution >= 4 is 23.3 Å². The minimum absolute atomic E-state index is 0.0102. The van der Waals surface area contributed by atoms with Crippen LogP contribution in [0.25, 0.3) is 0 Å². The Morgan fingerprint density at radius 3 is 2.38 bits per heavy atom. The quantitative estimate of drug-likeness (QED) is 0.220. The van der Waals surface area contributed by atoms with E-state index in [2.05, 4.69) is 5.32 Å². The van der Waals surface area contributed by atoms with Crippen LogP contribution in [0.15, 0.2) is 36.4 Å². The lowest BCUT2D eigenvalue weighted by Crippen LogP contribution is -2.22. The second-order valence-electron chi connectivity index (χ2n) is 6.55. The molecule has 34 heavy (non-hydrogen) atoms. The third-order valence-electron chi connectivity index (χ3n) is 4.15. The Hall–Kier alpha value is -3.87. The number of benzene rings is 2. The molecule has 0 aliphatic heterocycles. The van der Waals surface area contributed by atoms with Gasteiger partial charge in [0.1, 0.15) is 12.4 Å². The third-order valence-corrected chi connectivity index (χ3v) is 4.15. The number of nitro benzene ring substituents is 1. The van der Waals surface area contributed by atoms with Gasteiger partial charge in [-0.05, 0) is 37.3 Å². The molecule has 0 saturated heterocycles. The maximum absolute atomic E-state index is 13.1. The van der Waals surface area contributed by atoms with Gasteiger partial charge in [0, 0.05) is 13.2 Å². The molecule has 2 rings (SSSR count). The highest BCUT2D eigenvalue weighted by Crippen LogP contribution is 2.35. The SMILES string of the molecule is CCOc1ccc(C(=O)OCC(=O)Nc2cc(C(F)(F)F)ccc2OCCOC)cc1[N+](=O)[O-]. The number of nitro groups is 1. The standard InChI is InChI=1S/C21H21F3N2O8/c1-3-32-18-6-4-13(10-16(18)26(29)30)20(28)34-12-19(27)25-15-11-14(21(22,23)24)5-7-17(15)33-9-8-31-2/h4-7,10-11H,3,8-9,12H2,1-2H3,(H,25,27). The highest BCUT2D eigenvalue weighted by Gasteiger charge is 2.31. The van der Waals surface area contributed by atoms with Gasteiger partial charge in [-0.2, -0.15) is 13.2 Å². The summed E-state index contributed by atoms with van der Waals surface area (Å²) in [5.74, 6) is -2.11. The Kier molecular flexibility index (Phi) is 9.18. The molecule has 0 spiro atoms. The molecule has 1 amide bonds. The molecular formula is C21H21F3N2O8. The maximum atomic E-state index is 13.1. The van der Waals surface area contributed by atoms with Crippen molar-refractivity contribution in [3.05, 3.63) is 57.6 Å². The van der Waals surface area contributed by atoms with E-state index in [1.54, 1.807) is 6.92 Å². The van der Waals surface area contributed by atoms with Gasteiger partial charge in [-0.25, -0.2) is 4.79 Å². The van der Waals surface area contributed by atoms with Gasteiger partial charge >= 0.3 is 17.8 Å². The van der Waals surface area contributed by atoms with Gasteiger partial charge in [0.25, 0.3) is 5.91 Å². The van der Waals surface area contributed by atoms with E-state index in [9.17, 15) is 32.9 Å². The van der Waals surface area contributed by atoms with Crippen LogP contribution in [0.1, 0.15) is 22.8 Å². The number of nitrogens with zero attached hydrogens (tertiary/aromatic N) is 1. The molecular weight excluding hydrogens is 465 g/mol.